The lowest BCUT2D eigenvalue weighted by Crippen LogP contribution is -2.55. The number of nitrogens with one attached hydrogen (secondary N) is 1. The third-order valence-corrected chi connectivity index (χ3v) is 3.90. The molecule has 4 nitrogen and oxygen atoms in total. The molecule has 0 aromatic heterocycles. The highest BCUT2D eigenvalue weighted by atomic mass is 19.1. The van der Waals surface area contributed by atoms with Gasteiger partial charge in [0.15, 0.2) is 0 Å². The van der Waals surface area contributed by atoms with Crippen LogP contribution in [0.2, 0.25) is 0 Å². The van der Waals surface area contributed by atoms with E-state index in [0.29, 0.717) is 24.0 Å². The summed E-state index contributed by atoms with van der Waals surface area (Å²) < 4.78 is 13.0. The summed E-state index contributed by atoms with van der Waals surface area (Å²) in [5, 5.41) is 12.1. The second-order valence-corrected chi connectivity index (χ2v) is 5.36. The molecule has 0 bridgehead atoms. The molecular weight excluding hydrogens is 261 g/mol. The van der Waals surface area contributed by atoms with Gasteiger partial charge in [-0.1, -0.05) is 19.3 Å². The molecule has 0 saturated heterocycles. The average Bonchev–Trinajstić information content (AvgIpc) is 2.39. The number of carboxylic acids is 1. The topological polar surface area (TPSA) is 66.4 Å². The van der Waals surface area contributed by atoms with Crippen molar-refractivity contribution in [3.8, 4) is 0 Å². The maximum atomic E-state index is 13.0. The highest BCUT2D eigenvalue weighted by Crippen LogP contribution is 2.29. The molecular formula is C15H18FNO3. The first-order chi connectivity index (χ1) is 9.44. The first kappa shape index (κ1) is 14.5. The van der Waals surface area contributed by atoms with Crippen LogP contribution in [0, 0.1) is 12.7 Å². The van der Waals surface area contributed by atoms with Crippen LogP contribution >= 0.6 is 0 Å². The van der Waals surface area contributed by atoms with E-state index >= 15 is 0 Å². The van der Waals surface area contributed by atoms with Gasteiger partial charge in [0, 0.05) is 5.56 Å². The number of rotatable bonds is 3. The molecule has 1 aliphatic rings. The number of halogens is 1. The van der Waals surface area contributed by atoms with Crippen molar-refractivity contribution in [2.75, 3.05) is 0 Å². The van der Waals surface area contributed by atoms with Crippen LogP contribution in [0.1, 0.15) is 48.0 Å². The molecule has 0 atom stereocenters. The summed E-state index contributed by atoms with van der Waals surface area (Å²) in [6.45, 7) is 1.63. The van der Waals surface area contributed by atoms with E-state index in [9.17, 15) is 19.1 Å². The third kappa shape index (κ3) is 2.81. The fourth-order valence-corrected chi connectivity index (χ4v) is 2.71. The zero-order valence-corrected chi connectivity index (χ0v) is 11.4. The maximum Gasteiger partial charge on any atom is 0.329 e. The molecule has 0 radical (unpaired) electrons. The van der Waals surface area contributed by atoms with Gasteiger partial charge in [0.25, 0.3) is 5.91 Å². The van der Waals surface area contributed by atoms with Crippen LogP contribution in [0.5, 0.6) is 0 Å². The van der Waals surface area contributed by atoms with Crippen LogP contribution < -0.4 is 5.32 Å². The number of benzene rings is 1. The van der Waals surface area contributed by atoms with Crippen LogP contribution in [0.25, 0.3) is 0 Å². The van der Waals surface area contributed by atoms with Gasteiger partial charge in [-0.05, 0) is 43.5 Å². The van der Waals surface area contributed by atoms with Crippen LogP contribution in [0.3, 0.4) is 0 Å². The lowest BCUT2D eigenvalue weighted by Gasteiger charge is -2.34. The van der Waals surface area contributed by atoms with Crippen molar-refractivity contribution in [1.82, 2.24) is 5.32 Å². The highest BCUT2D eigenvalue weighted by Gasteiger charge is 2.41. The van der Waals surface area contributed by atoms with E-state index in [4.69, 9.17) is 0 Å². The molecule has 1 aromatic rings. The second kappa shape index (κ2) is 5.61. The van der Waals surface area contributed by atoms with Crippen molar-refractivity contribution in [3.63, 3.8) is 0 Å². The number of hydrogen-bond acceptors (Lipinski definition) is 2. The average molecular weight is 279 g/mol. The minimum absolute atomic E-state index is 0.317. The SMILES string of the molecule is Cc1cc(F)ccc1C(=O)NC1(C(=O)O)CCCCC1. The zero-order valence-electron chi connectivity index (χ0n) is 11.4. The second-order valence-electron chi connectivity index (χ2n) is 5.36. The Labute approximate surface area is 117 Å². The van der Waals surface area contributed by atoms with E-state index in [1.165, 1.54) is 18.2 Å². The summed E-state index contributed by atoms with van der Waals surface area (Å²) in [7, 11) is 0. The number of carbonyl (C=O) groups excluding carboxylic acids is 1. The Morgan fingerprint density at radius 1 is 1.25 bits per heavy atom. The summed E-state index contributed by atoms with van der Waals surface area (Å²) in [5.41, 5.74) is -0.368. The van der Waals surface area contributed by atoms with Crippen LogP contribution in [-0.2, 0) is 4.79 Å². The molecule has 0 aliphatic heterocycles. The van der Waals surface area contributed by atoms with E-state index in [-0.39, 0.29) is 0 Å². The van der Waals surface area contributed by atoms with Crippen molar-refractivity contribution in [3.05, 3.63) is 35.1 Å². The Bertz CT molecular complexity index is 536. The smallest absolute Gasteiger partial charge is 0.329 e. The van der Waals surface area contributed by atoms with Gasteiger partial charge in [-0.25, -0.2) is 9.18 Å². The Morgan fingerprint density at radius 3 is 2.45 bits per heavy atom. The number of aliphatic carboxylic acids is 1. The Balaban J connectivity index is 2.22. The summed E-state index contributed by atoms with van der Waals surface area (Å²) in [4.78, 5) is 23.8. The molecule has 0 heterocycles. The van der Waals surface area contributed by atoms with Gasteiger partial charge in [0.2, 0.25) is 0 Å². The quantitative estimate of drug-likeness (QED) is 0.894. The summed E-state index contributed by atoms with van der Waals surface area (Å²) >= 11 is 0. The van der Waals surface area contributed by atoms with E-state index in [0.717, 1.165) is 19.3 Å². The van der Waals surface area contributed by atoms with Gasteiger partial charge in [0.1, 0.15) is 11.4 Å². The molecule has 108 valence electrons. The molecule has 2 N–H and O–H groups in total. The third-order valence-electron chi connectivity index (χ3n) is 3.90. The predicted octanol–water partition coefficient (Wildman–Crippen LogP) is 2.65. The van der Waals surface area contributed by atoms with Gasteiger partial charge >= 0.3 is 5.97 Å². The summed E-state index contributed by atoms with van der Waals surface area (Å²) in [5.74, 6) is -1.86. The van der Waals surface area contributed by atoms with Crippen molar-refractivity contribution >= 4 is 11.9 Å². The van der Waals surface area contributed by atoms with Gasteiger partial charge in [-0.15, -0.1) is 0 Å². The minimum atomic E-state index is -1.18. The molecule has 20 heavy (non-hydrogen) atoms. The Kier molecular flexibility index (Phi) is 4.06. The first-order valence-electron chi connectivity index (χ1n) is 6.77. The first-order valence-corrected chi connectivity index (χ1v) is 6.77. The van der Waals surface area contributed by atoms with E-state index < -0.39 is 23.2 Å². The maximum absolute atomic E-state index is 13.0. The monoisotopic (exact) mass is 279 g/mol. The molecule has 1 aromatic carbocycles. The Morgan fingerprint density at radius 2 is 1.90 bits per heavy atom. The van der Waals surface area contributed by atoms with Crippen LogP contribution in [-0.4, -0.2) is 22.5 Å². The highest BCUT2D eigenvalue weighted by molar-refractivity contribution is 5.99. The molecule has 0 unspecified atom stereocenters. The van der Waals surface area contributed by atoms with E-state index in [1.807, 2.05) is 0 Å². The molecule has 1 fully saturated rings. The van der Waals surface area contributed by atoms with Crippen LogP contribution in [0.4, 0.5) is 4.39 Å². The largest absolute Gasteiger partial charge is 0.480 e. The number of aryl methyl sites for hydroxylation is 1. The van der Waals surface area contributed by atoms with Crippen molar-refractivity contribution in [1.29, 1.82) is 0 Å². The van der Waals surface area contributed by atoms with Gasteiger partial charge in [0.05, 0.1) is 0 Å². The molecule has 2 rings (SSSR count). The summed E-state index contributed by atoms with van der Waals surface area (Å²) in [6.07, 6.45) is 3.44. The number of amides is 1. The zero-order chi connectivity index (χ0) is 14.8. The fourth-order valence-electron chi connectivity index (χ4n) is 2.71. The lowest BCUT2D eigenvalue weighted by molar-refractivity contribution is -0.145. The molecule has 1 aliphatic carbocycles. The molecule has 5 heteroatoms. The molecule has 1 saturated carbocycles. The molecule has 0 spiro atoms. The fraction of sp³-hybridized carbons (Fsp3) is 0.467. The standard InChI is InChI=1S/C15H18FNO3/c1-10-9-11(16)5-6-12(10)13(18)17-15(14(19)20)7-3-2-4-8-15/h5-6,9H,2-4,7-8H2,1H3,(H,17,18)(H,19,20). The normalized spacial score (nSPS) is 17.5. The summed E-state index contributed by atoms with van der Waals surface area (Å²) in [6, 6.07) is 3.86. The van der Waals surface area contributed by atoms with Crippen molar-refractivity contribution in [2.24, 2.45) is 0 Å². The number of hydrogen-bond donors (Lipinski definition) is 2. The van der Waals surface area contributed by atoms with Gasteiger partial charge in [-0.2, -0.15) is 0 Å². The lowest BCUT2D eigenvalue weighted by atomic mass is 9.81. The van der Waals surface area contributed by atoms with Crippen molar-refractivity contribution < 1.29 is 19.1 Å². The molecule has 1 amide bonds. The Hall–Kier alpha value is -1.91. The minimum Gasteiger partial charge on any atom is -0.480 e. The number of carboxylic acid groups (broad SMARTS) is 1. The number of carbonyl (C=O) groups is 2. The van der Waals surface area contributed by atoms with Gasteiger partial charge in [-0.3, -0.25) is 4.79 Å². The van der Waals surface area contributed by atoms with Crippen LogP contribution in [0.15, 0.2) is 18.2 Å². The van der Waals surface area contributed by atoms with Gasteiger partial charge < -0.3 is 10.4 Å². The van der Waals surface area contributed by atoms with E-state index in [2.05, 4.69) is 5.32 Å². The predicted molar refractivity (Wildman–Crippen MR) is 72.1 cm³/mol. The van der Waals surface area contributed by atoms with E-state index in [1.54, 1.807) is 6.92 Å². The van der Waals surface area contributed by atoms with Crippen molar-refractivity contribution in [2.45, 2.75) is 44.6 Å².